The molecule has 1 aliphatic carbocycles. The highest BCUT2D eigenvalue weighted by Gasteiger charge is 2.29. The number of allylic oxidation sites excluding steroid dienone is 1. The maximum atomic E-state index is 10.00. The van der Waals surface area contributed by atoms with Crippen LogP contribution in [-0.4, -0.2) is 25.4 Å². The minimum Gasteiger partial charge on any atom is -0.497 e. The van der Waals surface area contributed by atoms with Gasteiger partial charge in [0, 0.05) is 11.6 Å². The Kier molecular flexibility index (Phi) is 3.85. The van der Waals surface area contributed by atoms with Gasteiger partial charge in [-0.3, -0.25) is 0 Å². The van der Waals surface area contributed by atoms with Crippen LogP contribution in [0.5, 0.6) is 11.5 Å². The van der Waals surface area contributed by atoms with Crippen LogP contribution >= 0.6 is 0 Å². The second kappa shape index (κ2) is 5.25. The van der Waals surface area contributed by atoms with E-state index in [1.54, 1.807) is 14.2 Å². The summed E-state index contributed by atoms with van der Waals surface area (Å²) in [5.41, 5.74) is 2.28. The van der Waals surface area contributed by atoms with Crippen molar-refractivity contribution in [2.75, 3.05) is 14.2 Å². The van der Waals surface area contributed by atoms with Crippen molar-refractivity contribution in [1.29, 1.82) is 0 Å². The first-order chi connectivity index (χ1) is 8.95. The van der Waals surface area contributed by atoms with Crippen LogP contribution in [0.1, 0.15) is 32.3 Å². The van der Waals surface area contributed by atoms with E-state index in [0.29, 0.717) is 0 Å². The molecule has 0 amide bonds. The zero-order valence-corrected chi connectivity index (χ0v) is 12.1. The van der Waals surface area contributed by atoms with Gasteiger partial charge < -0.3 is 14.6 Å². The molecule has 1 aromatic carbocycles. The number of hydrogen-bond donors (Lipinski definition) is 1. The average Bonchev–Trinajstić information content (AvgIpc) is 2.35. The highest BCUT2D eigenvalue weighted by molar-refractivity contribution is 5.73. The molecule has 0 aromatic heterocycles. The van der Waals surface area contributed by atoms with Crippen molar-refractivity contribution in [3.8, 4) is 11.5 Å². The number of aliphatic hydroxyl groups excluding tert-OH is 1. The minimum absolute atomic E-state index is 0.106. The van der Waals surface area contributed by atoms with E-state index < -0.39 is 0 Å². The Balaban J connectivity index is 2.41. The minimum atomic E-state index is -0.384. The van der Waals surface area contributed by atoms with Crippen molar-refractivity contribution < 1.29 is 14.6 Å². The van der Waals surface area contributed by atoms with E-state index in [1.807, 2.05) is 24.3 Å². The molecule has 104 valence electrons. The molecular formula is C16H22O3. The van der Waals surface area contributed by atoms with Crippen LogP contribution < -0.4 is 9.47 Å². The van der Waals surface area contributed by atoms with Gasteiger partial charge in [0.25, 0.3) is 0 Å². The van der Waals surface area contributed by atoms with E-state index >= 15 is 0 Å². The number of methoxy groups -OCH3 is 2. The summed E-state index contributed by atoms with van der Waals surface area (Å²) in [6.45, 7) is 4.36. The topological polar surface area (TPSA) is 38.7 Å². The molecule has 0 bridgehead atoms. The van der Waals surface area contributed by atoms with Gasteiger partial charge in [0.15, 0.2) is 0 Å². The Labute approximate surface area is 114 Å². The summed E-state index contributed by atoms with van der Waals surface area (Å²) in [7, 11) is 3.30. The van der Waals surface area contributed by atoms with Crippen molar-refractivity contribution in [2.45, 2.75) is 32.8 Å². The molecular weight excluding hydrogens is 240 g/mol. The maximum absolute atomic E-state index is 10.00. The van der Waals surface area contributed by atoms with Gasteiger partial charge in [-0.15, -0.1) is 0 Å². The fourth-order valence-corrected chi connectivity index (χ4v) is 2.75. The highest BCUT2D eigenvalue weighted by atomic mass is 16.5. The summed E-state index contributed by atoms with van der Waals surface area (Å²) >= 11 is 0. The molecule has 1 aliphatic rings. The number of ether oxygens (including phenoxy) is 2. The van der Waals surface area contributed by atoms with Crippen molar-refractivity contribution >= 4 is 5.57 Å². The second-order valence-corrected chi connectivity index (χ2v) is 5.87. The van der Waals surface area contributed by atoms with Gasteiger partial charge in [-0.2, -0.15) is 0 Å². The lowest BCUT2D eigenvalue weighted by atomic mass is 9.74. The fourth-order valence-electron chi connectivity index (χ4n) is 2.75. The molecule has 19 heavy (non-hydrogen) atoms. The third-order valence-electron chi connectivity index (χ3n) is 3.58. The zero-order valence-electron chi connectivity index (χ0n) is 12.1. The summed E-state index contributed by atoms with van der Waals surface area (Å²) in [6.07, 6.45) is 3.29. The molecule has 3 heteroatoms. The first-order valence-corrected chi connectivity index (χ1v) is 6.56. The molecule has 0 aliphatic heterocycles. The number of benzene rings is 1. The van der Waals surface area contributed by atoms with Crippen LogP contribution in [0.3, 0.4) is 0 Å². The molecule has 2 rings (SSSR count). The van der Waals surface area contributed by atoms with Gasteiger partial charge in [0.1, 0.15) is 11.5 Å². The summed E-state index contributed by atoms with van der Waals surface area (Å²) in [5.74, 6) is 1.56. The quantitative estimate of drug-likeness (QED) is 0.908. The van der Waals surface area contributed by atoms with Gasteiger partial charge in [0.05, 0.1) is 20.3 Å². The Morgan fingerprint density at radius 1 is 1.21 bits per heavy atom. The summed E-state index contributed by atoms with van der Waals surface area (Å²) < 4.78 is 10.7. The SMILES string of the molecule is COc1ccc(C2=CC(O)CC(C)(C)C2)c(OC)c1. The van der Waals surface area contributed by atoms with E-state index in [2.05, 4.69) is 13.8 Å². The number of hydrogen-bond acceptors (Lipinski definition) is 3. The molecule has 0 fully saturated rings. The molecule has 0 radical (unpaired) electrons. The van der Waals surface area contributed by atoms with Crippen LogP contribution in [0.2, 0.25) is 0 Å². The summed E-state index contributed by atoms with van der Waals surface area (Å²) in [5, 5.41) is 10.00. The molecule has 3 nitrogen and oxygen atoms in total. The van der Waals surface area contributed by atoms with E-state index in [0.717, 1.165) is 35.5 Å². The highest BCUT2D eigenvalue weighted by Crippen LogP contribution is 2.42. The maximum Gasteiger partial charge on any atom is 0.130 e. The van der Waals surface area contributed by atoms with Crippen molar-refractivity contribution in [3.05, 3.63) is 29.8 Å². The van der Waals surface area contributed by atoms with Gasteiger partial charge in [-0.1, -0.05) is 19.9 Å². The molecule has 0 saturated carbocycles. The third-order valence-corrected chi connectivity index (χ3v) is 3.58. The first-order valence-electron chi connectivity index (χ1n) is 6.56. The standard InChI is InChI=1S/C16H22O3/c1-16(2)9-11(7-12(17)10-16)14-6-5-13(18-3)8-15(14)19-4/h5-8,12,17H,9-10H2,1-4H3. The number of rotatable bonds is 3. The van der Waals surface area contributed by atoms with Crippen molar-refractivity contribution in [3.63, 3.8) is 0 Å². The van der Waals surface area contributed by atoms with Gasteiger partial charge in [-0.05, 0) is 36.0 Å². The summed E-state index contributed by atoms with van der Waals surface area (Å²) in [4.78, 5) is 0. The van der Waals surface area contributed by atoms with Crippen LogP contribution in [-0.2, 0) is 0 Å². The van der Waals surface area contributed by atoms with Gasteiger partial charge >= 0.3 is 0 Å². The Hall–Kier alpha value is -1.48. The van der Waals surface area contributed by atoms with Gasteiger partial charge in [0.2, 0.25) is 0 Å². The molecule has 0 heterocycles. The Morgan fingerprint density at radius 3 is 2.53 bits per heavy atom. The molecule has 0 spiro atoms. The zero-order chi connectivity index (χ0) is 14.0. The van der Waals surface area contributed by atoms with Crippen LogP contribution in [0.4, 0.5) is 0 Å². The number of aliphatic hydroxyl groups is 1. The van der Waals surface area contributed by atoms with Gasteiger partial charge in [-0.25, -0.2) is 0 Å². The normalized spacial score (nSPS) is 21.7. The Morgan fingerprint density at radius 2 is 1.95 bits per heavy atom. The van der Waals surface area contributed by atoms with E-state index in [-0.39, 0.29) is 11.5 Å². The largest absolute Gasteiger partial charge is 0.497 e. The van der Waals surface area contributed by atoms with E-state index in [1.165, 1.54) is 0 Å². The van der Waals surface area contributed by atoms with E-state index in [9.17, 15) is 5.11 Å². The predicted octanol–water partition coefficient (Wildman–Crippen LogP) is 3.27. The lowest BCUT2D eigenvalue weighted by Crippen LogP contribution is -2.24. The molecule has 1 aromatic rings. The molecule has 1 N–H and O–H groups in total. The van der Waals surface area contributed by atoms with Crippen molar-refractivity contribution in [1.82, 2.24) is 0 Å². The van der Waals surface area contributed by atoms with Crippen LogP contribution in [0, 0.1) is 5.41 Å². The second-order valence-electron chi connectivity index (χ2n) is 5.87. The smallest absolute Gasteiger partial charge is 0.130 e. The first kappa shape index (κ1) is 13.9. The fraction of sp³-hybridized carbons (Fsp3) is 0.500. The molecule has 0 saturated heterocycles. The predicted molar refractivity (Wildman–Crippen MR) is 76.5 cm³/mol. The monoisotopic (exact) mass is 262 g/mol. The Bertz CT molecular complexity index is 489. The van der Waals surface area contributed by atoms with Crippen molar-refractivity contribution in [2.24, 2.45) is 5.41 Å². The molecule has 1 atom stereocenters. The lowest BCUT2D eigenvalue weighted by Gasteiger charge is -2.33. The van der Waals surface area contributed by atoms with E-state index in [4.69, 9.17) is 9.47 Å². The lowest BCUT2D eigenvalue weighted by molar-refractivity contribution is 0.146. The van der Waals surface area contributed by atoms with Crippen LogP contribution in [0.15, 0.2) is 24.3 Å². The third kappa shape index (κ3) is 3.10. The average molecular weight is 262 g/mol. The van der Waals surface area contributed by atoms with Crippen LogP contribution in [0.25, 0.3) is 5.57 Å². The molecule has 1 unspecified atom stereocenters. The summed E-state index contributed by atoms with van der Waals surface area (Å²) in [6, 6.07) is 5.80.